The van der Waals surface area contributed by atoms with Gasteiger partial charge in [0, 0.05) is 5.69 Å². The molecule has 0 unspecified atom stereocenters. The van der Waals surface area contributed by atoms with E-state index in [1.54, 1.807) is 60.7 Å². The van der Waals surface area contributed by atoms with Crippen LogP contribution in [0.2, 0.25) is 0 Å². The Kier molecular flexibility index (Phi) is 6.99. The second kappa shape index (κ2) is 8.73. The minimum atomic E-state index is -3.34. The Morgan fingerprint density at radius 2 is 0.870 bits per heavy atom. The van der Waals surface area contributed by atoms with Crippen molar-refractivity contribution in [1.82, 2.24) is 0 Å². The predicted octanol–water partition coefficient (Wildman–Crippen LogP) is 2.96. The first-order valence-corrected chi connectivity index (χ1v) is 8.25. The summed E-state index contributed by atoms with van der Waals surface area (Å²) in [6.45, 7) is 0. The molecular weight excluding hydrogens is 310 g/mol. The maximum Gasteiger partial charge on any atom is 0.206 e. The standard InChI is InChI=1S/C12H10O2S.C6H7N.H2O/c13-15(14,11-7-3-1-4-8-11)12-9-5-2-6-10-12;7-6-4-2-1-3-5-6;/h1-10H;1-5H,7H2;1H2. The Balaban J connectivity index is 0.000000280. The summed E-state index contributed by atoms with van der Waals surface area (Å²) in [6.07, 6.45) is 0. The smallest absolute Gasteiger partial charge is 0.206 e. The fourth-order valence-corrected chi connectivity index (χ4v) is 3.09. The van der Waals surface area contributed by atoms with Gasteiger partial charge in [0.1, 0.15) is 0 Å². The van der Waals surface area contributed by atoms with Gasteiger partial charge in [0.25, 0.3) is 0 Å². The molecule has 0 aliphatic heterocycles. The highest BCUT2D eigenvalue weighted by Gasteiger charge is 2.15. The fraction of sp³-hybridized carbons (Fsp3) is 0. The van der Waals surface area contributed by atoms with Crippen LogP contribution in [0.5, 0.6) is 0 Å². The van der Waals surface area contributed by atoms with Crippen LogP contribution in [0, 0.1) is 0 Å². The van der Waals surface area contributed by atoms with Gasteiger partial charge >= 0.3 is 0 Å². The van der Waals surface area contributed by atoms with E-state index < -0.39 is 9.84 Å². The molecule has 23 heavy (non-hydrogen) atoms. The zero-order valence-corrected chi connectivity index (χ0v) is 13.3. The van der Waals surface area contributed by atoms with Gasteiger partial charge in [-0.3, -0.25) is 0 Å². The molecule has 0 bridgehead atoms. The van der Waals surface area contributed by atoms with Crippen molar-refractivity contribution < 1.29 is 13.9 Å². The van der Waals surface area contributed by atoms with Crippen LogP contribution in [-0.2, 0) is 9.84 Å². The van der Waals surface area contributed by atoms with Crippen molar-refractivity contribution in [2.45, 2.75) is 9.79 Å². The number of rotatable bonds is 2. The van der Waals surface area contributed by atoms with E-state index in [0.29, 0.717) is 9.79 Å². The van der Waals surface area contributed by atoms with Crippen LogP contribution < -0.4 is 5.73 Å². The molecule has 0 heterocycles. The van der Waals surface area contributed by atoms with Gasteiger partial charge in [-0.05, 0) is 36.4 Å². The molecule has 3 aromatic rings. The van der Waals surface area contributed by atoms with E-state index in [1.807, 2.05) is 30.3 Å². The lowest BCUT2D eigenvalue weighted by Gasteiger charge is -2.03. The third kappa shape index (κ3) is 5.25. The molecule has 0 saturated carbocycles. The van der Waals surface area contributed by atoms with E-state index in [2.05, 4.69) is 0 Å². The number of para-hydroxylation sites is 1. The van der Waals surface area contributed by atoms with Gasteiger partial charge in [-0.2, -0.15) is 0 Å². The Hall–Kier alpha value is -2.63. The van der Waals surface area contributed by atoms with Gasteiger partial charge in [-0.15, -0.1) is 0 Å². The van der Waals surface area contributed by atoms with Crippen LogP contribution >= 0.6 is 0 Å². The molecule has 5 heteroatoms. The van der Waals surface area contributed by atoms with Crippen molar-refractivity contribution in [2.24, 2.45) is 0 Å². The van der Waals surface area contributed by atoms with Crippen LogP contribution in [0.1, 0.15) is 0 Å². The third-order valence-corrected chi connectivity index (χ3v) is 4.69. The van der Waals surface area contributed by atoms with Crippen LogP contribution in [0.4, 0.5) is 5.69 Å². The topological polar surface area (TPSA) is 91.7 Å². The SMILES string of the molecule is Nc1ccccc1.O.O=S(=O)(c1ccccc1)c1ccccc1. The first-order valence-electron chi connectivity index (χ1n) is 6.76. The van der Waals surface area contributed by atoms with E-state index in [4.69, 9.17) is 5.73 Å². The molecule has 0 atom stereocenters. The number of nitrogens with two attached hydrogens (primary N) is 1. The number of benzene rings is 3. The maximum atomic E-state index is 12.0. The minimum Gasteiger partial charge on any atom is -0.412 e. The Labute approximate surface area is 136 Å². The largest absolute Gasteiger partial charge is 0.412 e. The highest BCUT2D eigenvalue weighted by Crippen LogP contribution is 2.19. The molecule has 0 radical (unpaired) electrons. The van der Waals surface area contributed by atoms with Gasteiger partial charge in [-0.25, -0.2) is 8.42 Å². The molecule has 0 aromatic heterocycles. The van der Waals surface area contributed by atoms with E-state index in [9.17, 15) is 8.42 Å². The van der Waals surface area contributed by atoms with Crippen LogP contribution in [0.25, 0.3) is 0 Å². The van der Waals surface area contributed by atoms with Crippen molar-refractivity contribution >= 4 is 15.5 Å². The van der Waals surface area contributed by atoms with Crippen molar-refractivity contribution in [3.8, 4) is 0 Å². The summed E-state index contributed by atoms with van der Waals surface area (Å²) >= 11 is 0. The van der Waals surface area contributed by atoms with Gasteiger partial charge < -0.3 is 11.2 Å². The average molecular weight is 329 g/mol. The molecule has 3 rings (SSSR count). The second-order valence-electron chi connectivity index (χ2n) is 4.54. The number of sulfone groups is 1. The summed E-state index contributed by atoms with van der Waals surface area (Å²) in [5, 5.41) is 0. The number of hydrogen-bond donors (Lipinski definition) is 1. The average Bonchev–Trinajstić information content (AvgIpc) is 2.58. The van der Waals surface area contributed by atoms with Crippen LogP contribution in [0.15, 0.2) is 101 Å². The predicted molar refractivity (Wildman–Crippen MR) is 92.8 cm³/mol. The van der Waals surface area contributed by atoms with E-state index in [0.717, 1.165) is 5.69 Å². The summed E-state index contributed by atoms with van der Waals surface area (Å²) in [6, 6.07) is 26.3. The Morgan fingerprint density at radius 1 is 0.565 bits per heavy atom. The van der Waals surface area contributed by atoms with Crippen LogP contribution in [0.3, 0.4) is 0 Å². The Morgan fingerprint density at radius 3 is 1.13 bits per heavy atom. The zero-order valence-electron chi connectivity index (χ0n) is 12.5. The van der Waals surface area contributed by atoms with E-state index >= 15 is 0 Å². The van der Waals surface area contributed by atoms with Gasteiger partial charge in [0.2, 0.25) is 9.84 Å². The summed E-state index contributed by atoms with van der Waals surface area (Å²) < 4.78 is 24.1. The van der Waals surface area contributed by atoms with Gasteiger partial charge in [0.05, 0.1) is 9.79 Å². The van der Waals surface area contributed by atoms with Crippen molar-refractivity contribution in [3.63, 3.8) is 0 Å². The van der Waals surface area contributed by atoms with Gasteiger partial charge in [-0.1, -0.05) is 54.6 Å². The monoisotopic (exact) mass is 329 g/mol. The van der Waals surface area contributed by atoms with Gasteiger partial charge in [0.15, 0.2) is 0 Å². The lowest BCUT2D eigenvalue weighted by atomic mass is 10.3. The molecule has 120 valence electrons. The number of hydrogen-bond acceptors (Lipinski definition) is 3. The van der Waals surface area contributed by atoms with Crippen molar-refractivity contribution in [2.75, 3.05) is 5.73 Å². The molecule has 0 aliphatic carbocycles. The highest BCUT2D eigenvalue weighted by atomic mass is 32.2. The second-order valence-corrected chi connectivity index (χ2v) is 6.49. The molecule has 0 saturated heterocycles. The molecule has 3 aromatic carbocycles. The van der Waals surface area contributed by atoms with E-state index in [-0.39, 0.29) is 5.48 Å². The van der Waals surface area contributed by atoms with E-state index in [1.165, 1.54) is 0 Å². The Bertz CT molecular complexity index is 744. The first-order chi connectivity index (χ1) is 10.6. The molecule has 0 amide bonds. The number of nitrogen functional groups attached to an aromatic ring is 1. The summed E-state index contributed by atoms with van der Waals surface area (Å²) in [5.74, 6) is 0. The zero-order chi connectivity index (χ0) is 15.8. The number of anilines is 1. The lowest BCUT2D eigenvalue weighted by molar-refractivity contribution is 0.596. The maximum absolute atomic E-state index is 12.0. The molecule has 0 fully saturated rings. The first kappa shape index (κ1) is 18.4. The van der Waals surface area contributed by atoms with Crippen LogP contribution in [-0.4, -0.2) is 13.9 Å². The summed E-state index contributed by atoms with van der Waals surface area (Å²) in [7, 11) is -3.34. The minimum absolute atomic E-state index is 0. The normalized spacial score (nSPS) is 9.91. The van der Waals surface area contributed by atoms with Crippen molar-refractivity contribution in [3.05, 3.63) is 91.0 Å². The summed E-state index contributed by atoms with van der Waals surface area (Å²) in [4.78, 5) is 0.660. The fourth-order valence-electron chi connectivity index (χ4n) is 1.79. The molecule has 0 spiro atoms. The molecule has 0 aliphatic rings. The third-order valence-electron chi connectivity index (χ3n) is 2.91. The lowest BCUT2D eigenvalue weighted by Crippen LogP contribution is -2.00. The quantitative estimate of drug-likeness (QED) is 0.733. The molecule has 4 nitrogen and oxygen atoms in total. The molecular formula is C18H19NO3S. The molecule has 4 N–H and O–H groups in total. The highest BCUT2D eigenvalue weighted by molar-refractivity contribution is 7.91. The summed E-state index contributed by atoms with van der Waals surface area (Å²) in [5.41, 5.74) is 6.18. The van der Waals surface area contributed by atoms with Crippen molar-refractivity contribution in [1.29, 1.82) is 0 Å².